The highest BCUT2D eigenvalue weighted by Gasteiger charge is 2.12. The number of hydrogen-bond donors (Lipinski definition) is 1. The van der Waals surface area contributed by atoms with E-state index in [1.54, 1.807) is 0 Å². The quantitative estimate of drug-likeness (QED) is 0.509. The van der Waals surface area contributed by atoms with Crippen LogP contribution in [0.4, 0.5) is 4.39 Å². The molecular weight excluding hydrogens is 174 g/mol. The van der Waals surface area contributed by atoms with Crippen molar-refractivity contribution in [1.29, 1.82) is 0 Å². The van der Waals surface area contributed by atoms with Crippen LogP contribution < -0.4 is 5.46 Å². The molecule has 0 amide bonds. The molecule has 0 aromatic heterocycles. The van der Waals surface area contributed by atoms with Gasteiger partial charge in [0.25, 0.3) is 0 Å². The van der Waals surface area contributed by atoms with Gasteiger partial charge < -0.3 is 9.76 Å². The SMILES string of the molecule is COC(=O)c1cc([B]O)ccc1F. The van der Waals surface area contributed by atoms with Crippen LogP contribution >= 0.6 is 0 Å². The number of halogens is 1. The maximum Gasteiger partial charge on any atom is 0.340 e. The van der Waals surface area contributed by atoms with E-state index in [0.29, 0.717) is 5.46 Å². The number of benzene rings is 1. The Kier molecular flexibility index (Phi) is 3.03. The molecule has 1 aromatic rings. The molecule has 0 heterocycles. The first kappa shape index (κ1) is 9.73. The first-order valence-electron chi connectivity index (χ1n) is 3.54. The maximum absolute atomic E-state index is 12.9. The van der Waals surface area contributed by atoms with Gasteiger partial charge in [-0.2, -0.15) is 0 Å². The Bertz CT molecular complexity index is 327. The summed E-state index contributed by atoms with van der Waals surface area (Å²) in [5, 5.41) is 8.61. The van der Waals surface area contributed by atoms with Gasteiger partial charge >= 0.3 is 13.5 Å². The Morgan fingerprint density at radius 2 is 2.31 bits per heavy atom. The van der Waals surface area contributed by atoms with Crippen molar-refractivity contribution in [2.24, 2.45) is 0 Å². The Hall–Kier alpha value is -1.36. The molecule has 0 saturated carbocycles. The summed E-state index contributed by atoms with van der Waals surface area (Å²) < 4.78 is 17.3. The minimum atomic E-state index is -0.763. The van der Waals surface area contributed by atoms with Crippen LogP contribution in [-0.2, 0) is 4.74 Å². The van der Waals surface area contributed by atoms with Gasteiger partial charge in [-0.15, -0.1) is 0 Å². The van der Waals surface area contributed by atoms with Gasteiger partial charge in [0.05, 0.1) is 12.7 Å². The second-order valence-electron chi connectivity index (χ2n) is 2.36. The van der Waals surface area contributed by atoms with Gasteiger partial charge in [0.15, 0.2) is 0 Å². The van der Waals surface area contributed by atoms with Crippen LogP contribution in [0.1, 0.15) is 10.4 Å². The molecule has 1 N–H and O–H groups in total. The normalized spacial score (nSPS) is 9.46. The molecule has 1 radical (unpaired) electrons. The molecule has 0 aliphatic heterocycles. The highest BCUT2D eigenvalue weighted by atomic mass is 19.1. The lowest BCUT2D eigenvalue weighted by Gasteiger charge is -2.02. The molecule has 0 bridgehead atoms. The van der Waals surface area contributed by atoms with E-state index < -0.39 is 11.8 Å². The zero-order chi connectivity index (χ0) is 9.84. The Morgan fingerprint density at radius 1 is 1.62 bits per heavy atom. The molecule has 13 heavy (non-hydrogen) atoms. The van der Waals surface area contributed by atoms with E-state index in [2.05, 4.69) is 4.74 Å². The summed E-state index contributed by atoms with van der Waals surface area (Å²) in [7, 11) is 1.95. The highest BCUT2D eigenvalue weighted by molar-refractivity contribution is 6.45. The molecule has 5 heteroatoms. The third kappa shape index (κ3) is 2.06. The topological polar surface area (TPSA) is 46.5 Å². The van der Waals surface area contributed by atoms with Crippen LogP contribution in [0, 0.1) is 5.82 Å². The summed E-state index contributed by atoms with van der Waals surface area (Å²) in [5.74, 6) is -1.43. The van der Waals surface area contributed by atoms with Crippen molar-refractivity contribution in [3.05, 3.63) is 29.6 Å². The predicted octanol–water partition coefficient (Wildman–Crippen LogP) is -0.151. The molecule has 0 fully saturated rings. The smallest absolute Gasteiger partial charge is 0.340 e. The highest BCUT2D eigenvalue weighted by Crippen LogP contribution is 2.05. The van der Waals surface area contributed by atoms with Gasteiger partial charge in [0.1, 0.15) is 5.82 Å². The van der Waals surface area contributed by atoms with E-state index in [1.165, 1.54) is 12.1 Å². The van der Waals surface area contributed by atoms with Gasteiger partial charge in [-0.1, -0.05) is 11.5 Å². The van der Waals surface area contributed by atoms with Crippen molar-refractivity contribution in [1.82, 2.24) is 0 Å². The Balaban J connectivity index is 3.11. The minimum absolute atomic E-state index is 0.190. The molecular formula is C8H7BFO3. The van der Waals surface area contributed by atoms with Crippen LogP contribution in [0.2, 0.25) is 0 Å². The average molecular weight is 181 g/mol. The van der Waals surface area contributed by atoms with Crippen molar-refractivity contribution in [2.45, 2.75) is 0 Å². The Labute approximate surface area is 75.4 Å². The third-order valence-corrected chi connectivity index (χ3v) is 1.54. The van der Waals surface area contributed by atoms with Gasteiger partial charge in [0.2, 0.25) is 0 Å². The summed E-state index contributed by atoms with van der Waals surface area (Å²) in [4.78, 5) is 10.9. The van der Waals surface area contributed by atoms with Gasteiger partial charge in [-0.25, -0.2) is 9.18 Å². The molecule has 1 rings (SSSR count). The fourth-order valence-corrected chi connectivity index (χ4v) is 0.890. The summed E-state index contributed by atoms with van der Waals surface area (Å²) >= 11 is 0. The lowest BCUT2D eigenvalue weighted by Crippen LogP contribution is -2.17. The van der Waals surface area contributed by atoms with Crippen LogP contribution in [0.25, 0.3) is 0 Å². The van der Waals surface area contributed by atoms with E-state index >= 15 is 0 Å². The van der Waals surface area contributed by atoms with E-state index in [4.69, 9.17) is 5.02 Å². The predicted molar refractivity (Wildman–Crippen MR) is 45.3 cm³/mol. The average Bonchev–Trinajstić information content (AvgIpc) is 2.17. The number of methoxy groups -OCH3 is 1. The fraction of sp³-hybridized carbons (Fsp3) is 0.125. The van der Waals surface area contributed by atoms with Crippen molar-refractivity contribution >= 4 is 18.9 Å². The summed E-state index contributed by atoms with van der Waals surface area (Å²) in [6.07, 6.45) is 0. The van der Waals surface area contributed by atoms with Crippen LogP contribution in [0.15, 0.2) is 18.2 Å². The molecule has 3 nitrogen and oxygen atoms in total. The molecule has 0 unspecified atom stereocenters. The zero-order valence-corrected chi connectivity index (χ0v) is 6.95. The first-order valence-corrected chi connectivity index (χ1v) is 3.54. The lowest BCUT2D eigenvalue weighted by molar-refractivity contribution is 0.0595. The second-order valence-corrected chi connectivity index (χ2v) is 2.36. The number of ether oxygens (including phenoxy) is 1. The third-order valence-electron chi connectivity index (χ3n) is 1.54. The number of carbonyl (C=O) groups is 1. The zero-order valence-electron chi connectivity index (χ0n) is 6.95. The van der Waals surface area contributed by atoms with Crippen LogP contribution in [-0.4, -0.2) is 25.6 Å². The number of carbonyl (C=O) groups excluding carboxylic acids is 1. The van der Waals surface area contributed by atoms with E-state index in [-0.39, 0.29) is 5.56 Å². The molecule has 0 atom stereocenters. The Morgan fingerprint density at radius 3 is 2.85 bits per heavy atom. The van der Waals surface area contributed by atoms with Crippen molar-refractivity contribution < 1.29 is 18.9 Å². The van der Waals surface area contributed by atoms with Gasteiger partial charge in [0, 0.05) is 0 Å². The molecule has 0 spiro atoms. The minimum Gasteiger partial charge on any atom is -0.465 e. The molecule has 0 aliphatic carbocycles. The van der Waals surface area contributed by atoms with E-state index in [1.807, 2.05) is 0 Å². The van der Waals surface area contributed by atoms with Crippen molar-refractivity contribution in [3.63, 3.8) is 0 Å². The molecule has 0 saturated heterocycles. The summed E-state index contributed by atoms with van der Waals surface area (Å²) in [5.41, 5.74) is 0.159. The van der Waals surface area contributed by atoms with Gasteiger partial charge in [-0.05, 0) is 12.1 Å². The standard InChI is InChI=1S/C8H7BFO3/c1-13-8(11)6-4-5(9-12)2-3-7(6)10/h2-4,12H,1H3. The monoisotopic (exact) mass is 181 g/mol. The van der Waals surface area contributed by atoms with E-state index in [9.17, 15) is 9.18 Å². The fourth-order valence-electron chi connectivity index (χ4n) is 0.890. The van der Waals surface area contributed by atoms with Crippen molar-refractivity contribution in [2.75, 3.05) is 7.11 Å². The van der Waals surface area contributed by atoms with E-state index in [0.717, 1.165) is 20.7 Å². The van der Waals surface area contributed by atoms with Crippen LogP contribution in [0.5, 0.6) is 0 Å². The van der Waals surface area contributed by atoms with Gasteiger partial charge in [-0.3, -0.25) is 0 Å². The molecule has 1 aromatic carbocycles. The second kappa shape index (κ2) is 4.05. The lowest BCUT2D eigenvalue weighted by atomic mass is 9.87. The number of esters is 1. The number of rotatable bonds is 2. The summed E-state index contributed by atoms with van der Waals surface area (Å²) in [6.45, 7) is 0. The molecule has 67 valence electrons. The summed E-state index contributed by atoms with van der Waals surface area (Å²) in [6, 6.07) is 3.65. The largest absolute Gasteiger partial charge is 0.465 e. The first-order chi connectivity index (χ1) is 6.19. The van der Waals surface area contributed by atoms with Crippen molar-refractivity contribution in [3.8, 4) is 0 Å². The molecule has 0 aliphatic rings. The maximum atomic E-state index is 12.9. The van der Waals surface area contributed by atoms with Crippen LogP contribution in [0.3, 0.4) is 0 Å². The number of hydrogen-bond acceptors (Lipinski definition) is 3.